The van der Waals surface area contributed by atoms with Gasteiger partial charge in [-0.3, -0.25) is 25.0 Å². The van der Waals surface area contributed by atoms with Crippen molar-refractivity contribution < 1.29 is 32.5 Å². The average molecular weight is 503 g/mol. The second kappa shape index (κ2) is 8.01. The summed E-state index contributed by atoms with van der Waals surface area (Å²) in [5.41, 5.74) is -2.53. The van der Waals surface area contributed by atoms with Gasteiger partial charge in [-0.1, -0.05) is 6.07 Å². The van der Waals surface area contributed by atoms with Crippen LogP contribution in [0.4, 0.5) is 35.0 Å². The van der Waals surface area contributed by atoms with Crippen molar-refractivity contribution >= 4 is 34.9 Å². The number of rotatable bonds is 2. The molecule has 0 aliphatic carbocycles. The Morgan fingerprint density at radius 2 is 1.86 bits per heavy atom. The van der Waals surface area contributed by atoms with Crippen LogP contribution in [0.3, 0.4) is 0 Å². The maximum atomic E-state index is 14.1. The monoisotopic (exact) mass is 503 g/mol. The number of nitro benzene ring substituents is 1. The number of amides is 4. The third-order valence-electron chi connectivity index (χ3n) is 7.05. The fourth-order valence-electron chi connectivity index (χ4n) is 5.31. The molecule has 36 heavy (non-hydrogen) atoms. The second-order valence-electron chi connectivity index (χ2n) is 9.14. The molecule has 3 heterocycles. The topological polar surface area (TPSA) is 116 Å². The van der Waals surface area contributed by atoms with Crippen LogP contribution >= 0.6 is 0 Å². The molecule has 188 valence electrons. The van der Waals surface area contributed by atoms with E-state index in [2.05, 4.69) is 5.32 Å². The Labute approximate surface area is 202 Å². The largest absolute Gasteiger partial charge is 0.416 e. The number of likely N-dealkylation sites (N-methyl/N-ethyl adjacent to an activating group) is 1. The summed E-state index contributed by atoms with van der Waals surface area (Å²) in [6, 6.07) is 6.02. The predicted octanol–water partition coefficient (Wildman–Crippen LogP) is 2.56. The van der Waals surface area contributed by atoms with Crippen molar-refractivity contribution in [2.75, 3.05) is 36.5 Å². The second-order valence-corrected chi connectivity index (χ2v) is 9.14. The molecule has 13 heteroatoms. The van der Waals surface area contributed by atoms with Crippen LogP contribution in [0.15, 0.2) is 42.5 Å². The van der Waals surface area contributed by atoms with Gasteiger partial charge in [0, 0.05) is 43.9 Å². The fraction of sp³-hybridized carbons (Fsp3) is 0.348. The Bertz CT molecular complexity index is 1320. The maximum absolute atomic E-state index is 14.1. The van der Waals surface area contributed by atoms with Crippen molar-refractivity contribution in [3.8, 4) is 0 Å². The van der Waals surface area contributed by atoms with Crippen LogP contribution in [-0.2, 0) is 22.2 Å². The van der Waals surface area contributed by atoms with E-state index in [1.165, 1.54) is 18.2 Å². The standard InChI is InChI=1S/C23H20F3N5O5/c1-28-7-8-29-17-6-5-16(31(35)36)9-13(17)11-22(18(29)12-28)19(32)27-21(34)30(20(22)33)15-4-2-3-14(10-15)23(24,25)26/h2-6,9-10,18H,7-8,11-12H2,1H3,(H,27,32,34). The molecular formula is C23H20F3N5O5. The highest BCUT2D eigenvalue weighted by Crippen LogP contribution is 2.47. The Hall–Kier alpha value is -4.00. The number of anilines is 2. The predicted molar refractivity (Wildman–Crippen MR) is 120 cm³/mol. The molecule has 2 aromatic carbocycles. The molecule has 0 radical (unpaired) electrons. The molecule has 0 bridgehead atoms. The Kier molecular flexibility index (Phi) is 5.28. The summed E-state index contributed by atoms with van der Waals surface area (Å²) in [6.45, 7) is 1.22. The highest BCUT2D eigenvalue weighted by molar-refractivity contribution is 6.30. The van der Waals surface area contributed by atoms with Gasteiger partial charge in [0.15, 0.2) is 5.41 Å². The molecule has 2 fully saturated rings. The first-order chi connectivity index (χ1) is 16.9. The number of alkyl halides is 3. The number of nitro groups is 1. The number of imide groups is 2. The quantitative estimate of drug-likeness (QED) is 0.380. The van der Waals surface area contributed by atoms with Gasteiger partial charge in [-0.15, -0.1) is 0 Å². The highest BCUT2D eigenvalue weighted by atomic mass is 19.4. The van der Waals surface area contributed by atoms with Crippen LogP contribution in [0.1, 0.15) is 11.1 Å². The SMILES string of the molecule is CN1CCN2c3ccc([N+](=O)[O-])cc3CC3(C(=O)NC(=O)N(c4cccc(C(F)(F)F)c4)C3=O)C2C1. The summed E-state index contributed by atoms with van der Waals surface area (Å²) < 4.78 is 40.0. The molecule has 2 saturated heterocycles. The van der Waals surface area contributed by atoms with Crippen LogP contribution in [0.25, 0.3) is 0 Å². The van der Waals surface area contributed by atoms with Crippen molar-refractivity contribution in [1.29, 1.82) is 0 Å². The number of nitrogens with zero attached hydrogens (tertiary/aromatic N) is 4. The minimum atomic E-state index is -4.72. The normalized spacial score (nSPS) is 24.4. The summed E-state index contributed by atoms with van der Waals surface area (Å²) in [5, 5.41) is 13.6. The maximum Gasteiger partial charge on any atom is 0.416 e. The number of piperazine rings is 1. The number of hydrogen-bond donors (Lipinski definition) is 1. The molecule has 3 aliphatic rings. The van der Waals surface area contributed by atoms with Crippen LogP contribution in [-0.4, -0.2) is 60.4 Å². The van der Waals surface area contributed by atoms with Gasteiger partial charge < -0.3 is 9.80 Å². The van der Waals surface area contributed by atoms with E-state index in [0.29, 0.717) is 35.3 Å². The van der Waals surface area contributed by atoms with Gasteiger partial charge in [-0.25, -0.2) is 9.69 Å². The van der Waals surface area contributed by atoms with Crippen LogP contribution < -0.4 is 15.1 Å². The first kappa shape index (κ1) is 23.7. The summed E-state index contributed by atoms with van der Waals surface area (Å²) >= 11 is 0. The first-order valence-electron chi connectivity index (χ1n) is 11.0. The summed E-state index contributed by atoms with van der Waals surface area (Å²) in [5.74, 6) is -1.86. The minimum absolute atomic E-state index is 0.231. The Morgan fingerprint density at radius 3 is 2.56 bits per heavy atom. The van der Waals surface area contributed by atoms with Gasteiger partial charge in [0.2, 0.25) is 5.91 Å². The number of benzene rings is 2. The van der Waals surface area contributed by atoms with Gasteiger partial charge in [0.05, 0.1) is 22.2 Å². The number of carbonyl (C=O) groups excluding carboxylic acids is 3. The third-order valence-corrected chi connectivity index (χ3v) is 7.05. The number of carbonyl (C=O) groups is 3. The number of hydrogen-bond acceptors (Lipinski definition) is 7. The van der Waals surface area contributed by atoms with Gasteiger partial charge in [-0.05, 0) is 36.9 Å². The lowest BCUT2D eigenvalue weighted by Gasteiger charge is -2.54. The fourth-order valence-corrected chi connectivity index (χ4v) is 5.31. The van der Waals surface area contributed by atoms with E-state index >= 15 is 0 Å². The number of non-ortho nitro benzene ring substituents is 1. The van der Waals surface area contributed by atoms with Crippen molar-refractivity contribution in [2.24, 2.45) is 5.41 Å². The van der Waals surface area contributed by atoms with Crippen molar-refractivity contribution in [2.45, 2.75) is 18.6 Å². The average Bonchev–Trinajstić information content (AvgIpc) is 2.81. The number of urea groups is 1. The Morgan fingerprint density at radius 1 is 1.11 bits per heavy atom. The van der Waals surface area contributed by atoms with Crippen LogP contribution in [0.5, 0.6) is 0 Å². The molecule has 1 N–H and O–H groups in total. The molecule has 2 atom stereocenters. The van der Waals surface area contributed by atoms with E-state index < -0.39 is 46.0 Å². The molecule has 0 saturated carbocycles. The molecular weight excluding hydrogens is 483 g/mol. The van der Waals surface area contributed by atoms with Crippen LogP contribution in [0.2, 0.25) is 0 Å². The van der Waals surface area contributed by atoms with Gasteiger partial charge >= 0.3 is 12.2 Å². The molecule has 2 aromatic rings. The summed E-state index contributed by atoms with van der Waals surface area (Å²) in [6.07, 6.45) is -4.98. The van der Waals surface area contributed by atoms with Crippen molar-refractivity contribution in [3.63, 3.8) is 0 Å². The third kappa shape index (κ3) is 3.49. The number of nitrogens with one attached hydrogen (secondary N) is 1. The number of fused-ring (bicyclic) bond motifs is 4. The van der Waals surface area contributed by atoms with E-state index in [1.54, 1.807) is 13.1 Å². The van der Waals surface area contributed by atoms with Crippen molar-refractivity contribution in [1.82, 2.24) is 10.2 Å². The van der Waals surface area contributed by atoms with Gasteiger partial charge in [-0.2, -0.15) is 13.2 Å². The number of halogens is 3. The van der Waals surface area contributed by atoms with E-state index in [-0.39, 0.29) is 24.3 Å². The zero-order valence-corrected chi connectivity index (χ0v) is 18.9. The lowest BCUT2D eigenvalue weighted by atomic mass is 9.67. The van der Waals surface area contributed by atoms with Gasteiger partial charge in [0.25, 0.3) is 11.6 Å². The highest BCUT2D eigenvalue weighted by Gasteiger charge is 2.63. The lowest BCUT2D eigenvalue weighted by Crippen LogP contribution is -2.75. The van der Waals surface area contributed by atoms with E-state index in [1.807, 2.05) is 9.80 Å². The first-order valence-corrected chi connectivity index (χ1v) is 11.0. The summed E-state index contributed by atoms with van der Waals surface area (Å²) in [7, 11) is 1.80. The molecule has 2 unspecified atom stereocenters. The Balaban J connectivity index is 1.67. The lowest BCUT2D eigenvalue weighted by molar-refractivity contribution is -0.384. The summed E-state index contributed by atoms with van der Waals surface area (Å²) in [4.78, 5) is 55.4. The van der Waals surface area contributed by atoms with E-state index in [9.17, 15) is 37.7 Å². The number of barbiturate groups is 1. The molecule has 3 aliphatic heterocycles. The molecule has 10 nitrogen and oxygen atoms in total. The van der Waals surface area contributed by atoms with E-state index in [0.717, 1.165) is 12.1 Å². The molecule has 4 amide bonds. The zero-order chi connectivity index (χ0) is 26.0. The molecule has 5 rings (SSSR count). The van der Waals surface area contributed by atoms with Gasteiger partial charge in [0.1, 0.15) is 0 Å². The molecule has 0 aromatic heterocycles. The van der Waals surface area contributed by atoms with Crippen molar-refractivity contribution in [3.05, 3.63) is 63.7 Å². The van der Waals surface area contributed by atoms with E-state index in [4.69, 9.17) is 0 Å². The van der Waals surface area contributed by atoms with Crippen LogP contribution in [0, 0.1) is 15.5 Å². The smallest absolute Gasteiger partial charge is 0.364 e. The molecule has 1 spiro atoms. The zero-order valence-electron chi connectivity index (χ0n) is 18.9. The minimum Gasteiger partial charge on any atom is -0.364 e.